The molecular weight excluding hydrogens is 356 g/mol. The van der Waals surface area contributed by atoms with Gasteiger partial charge in [0.2, 0.25) is 11.8 Å². The van der Waals surface area contributed by atoms with Crippen molar-refractivity contribution in [3.05, 3.63) is 35.4 Å². The van der Waals surface area contributed by atoms with Gasteiger partial charge in [0.1, 0.15) is 0 Å². The molecule has 1 N–H and O–H groups in total. The molecule has 1 saturated heterocycles. The van der Waals surface area contributed by atoms with E-state index in [1.165, 1.54) is 0 Å². The number of carbonyl (C=O) groups is 2. The monoisotopic (exact) mass is 390 g/mol. The topological polar surface area (TPSA) is 67.9 Å². The van der Waals surface area contributed by atoms with Crippen LogP contribution in [-0.4, -0.2) is 56.2 Å². The number of hydrogen-bond donors (Lipinski definition) is 1. The van der Waals surface area contributed by atoms with Gasteiger partial charge < -0.3 is 19.7 Å². The van der Waals surface area contributed by atoms with E-state index in [0.29, 0.717) is 39.1 Å². The predicted octanol–water partition coefficient (Wildman–Crippen LogP) is 2.85. The Morgan fingerprint density at radius 1 is 1.25 bits per heavy atom. The zero-order valence-corrected chi connectivity index (χ0v) is 17.6. The number of ether oxygens (including phenoxy) is 2. The Morgan fingerprint density at radius 3 is 2.61 bits per heavy atom. The van der Waals surface area contributed by atoms with E-state index in [2.05, 4.69) is 5.32 Å². The first-order valence-electron chi connectivity index (χ1n) is 10.2. The molecule has 6 nitrogen and oxygen atoms in total. The number of nitrogens with one attached hydrogen (secondary N) is 1. The Balaban J connectivity index is 2.11. The number of nitrogens with zero attached hydrogens (tertiary/aromatic N) is 1. The second kappa shape index (κ2) is 11.2. The molecule has 0 aliphatic carbocycles. The van der Waals surface area contributed by atoms with Crippen molar-refractivity contribution in [2.75, 3.05) is 33.4 Å². The SMILES string of the molecule is COCCN1C(=O)CC[C@@H](C(=O)NCCCOC(C)C)[C@H]1c1ccc(C)cc1. The van der Waals surface area contributed by atoms with Gasteiger partial charge in [-0.05, 0) is 39.2 Å². The van der Waals surface area contributed by atoms with Gasteiger partial charge in [-0.25, -0.2) is 0 Å². The van der Waals surface area contributed by atoms with E-state index in [-0.39, 0.29) is 29.9 Å². The normalized spacial score (nSPS) is 19.9. The summed E-state index contributed by atoms with van der Waals surface area (Å²) >= 11 is 0. The van der Waals surface area contributed by atoms with Crippen molar-refractivity contribution in [1.82, 2.24) is 10.2 Å². The number of aryl methyl sites for hydroxylation is 1. The summed E-state index contributed by atoms with van der Waals surface area (Å²) in [4.78, 5) is 27.4. The van der Waals surface area contributed by atoms with E-state index in [1.54, 1.807) is 7.11 Å². The average Bonchev–Trinajstić information content (AvgIpc) is 2.67. The predicted molar refractivity (Wildman–Crippen MR) is 109 cm³/mol. The zero-order valence-electron chi connectivity index (χ0n) is 17.6. The van der Waals surface area contributed by atoms with Crippen LogP contribution in [0, 0.1) is 12.8 Å². The molecule has 1 aromatic rings. The fourth-order valence-corrected chi connectivity index (χ4v) is 3.59. The van der Waals surface area contributed by atoms with Crippen molar-refractivity contribution in [2.24, 2.45) is 5.92 Å². The van der Waals surface area contributed by atoms with Crippen molar-refractivity contribution in [1.29, 1.82) is 0 Å². The highest BCUT2D eigenvalue weighted by Gasteiger charge is 2.40. The van der Waals surface area contributed by atoms with Gasteiger partial charge in [0.25, 0.3) is 0 Å². The minimum Gasteiger partial charge on any atom is -0.383 e. The van der Waals surface area contributed by atoms with Gasteiger partial charge in [-0.1, -0.05) is 29.8 Å². The molecule has 0 bridgehead atoms. The minimum absolute atomic E-state index is 0.00467. The van der Waals surface area contributed by atoms with Crippen LogP contribution < -0.4 is 5.32 Å². The quantitative estimate of drug-likeness (QED) is 0.624. The van der Waals surface area contributed by atoms with E-state index in [1.807, 2.05) is 49.9 Å². The lowest BCUT2D eigenvalue weighted by atomic mass is 9.83. The molecule has 0 saturated carbocycles. The Morgan fingerprint density at radius 2 is 1.96 bits per heavy atom. The fourth-order valence-electron chi connectivity index (χ4n) is 3.59. The Bertz CT molecular complexity index is 630. The highest BCUT2D eigenvalue weighted by Crippen LogP contribution is 2.37. The molecule has 1 aliphatic rings. The van der Waals surface area contributed by atoms with Crippen LogP contribution in [0.25, 0.3) is 0 Å². The molecule has 0 radical (unpaired) electrons. The molecular formula is C22H34N2O4. The third-order valence-corrected chi connectivity index (χ3v) is 5.07. The molecule has 1 aliphatic heterocycles. The molecule has 1 aromatic carbocycles. The van der Waals surface area contributed by atoms with Crippen LogP contribution >= 0.6 is 0 Å². The first-order chi connectivity index (χ1) is 13.4. The largest absolute Gasteiger partial charge is 0.383 e. The zero-order chi connectivity index (χ0) is 20.5. The summed E-state index contributed by atoms with van der Waals surface area (Å²) in [6.07, 6.45) is 1.92. The second-order valence-electron chi connectivity index (χ2n) is 7.64. The van der Waals surface area contributed by atoms with E-state index >= 15 is 0 Å². The van der Waals surface area contributed by atoms with Crippen LogP contribution in [0.5, 0.6) is 0 Å². The molecule has 0 aromatic heterocycles. The number of carbonyl (C=O) groups excluding carboxylic acids is 2. The fraction of sp³-hybridized carbons (Fsp3) is 0.636. The van der Waals surface area contributed by atoms with Crippen LogP contribution in [0.4, 0.5) is 0 Å². The molecule has 0 spiro atoms. The maximum atomic E-state index is 13.0. The van der Waals surface area contributed by atoms with Crippen molar-refractivity contribution >= 4 is 11.8 Å². The van der Waals surface area contributed by atoms with E-state index < -0.39 is 0 Å². The van der Waals surface area contributed by atoms with Crippen molar-refractivity contribution in [3.8, 4) is 0 Å². The van der Waals surface area contributed by atoms with Crippen molar-refractivity contribution in [3.63, 3.8) is 0 Å². The number of methoxy groups -OCH3 is 1. The molecule has 1 heterocycles. The smallest absolute Gasteiger partial charge is 0.225 e. The summed E-state index contributed by atoms with van der Waals surface area (Å²) in [6.45, 7) is 8.17. The number of hydrogen-bond acceptors (Lipinski definition) is 4. The van der Waals surface area contributed by atoms with Crippen LogP contribution in [0.1, 0.15) is 50.3 Å². The third-order valence-electron chi connectivity index (χ3n) is 5.07. The molecule has 6 heteroatoms. The first-order valence-corrected chi connectivity index (χ1v) is 10.2. The van der Waals surface area contributed by atoms with E-state index in [0.717, 1.165) is 17.5 Å². The standard InChI is InChI=1S/C22H34N2O4/c1-16(2)28-14-5-12-23-22(26)19-10-11-20(25)24(13-15-27-4)21(19)18-8-6-17(3)7-9-18/h6-9,16,19,21H,5,10-15H2,1-4H3,(H,23,26)/t19-,21-/m1/s1. The molecule has 28 heavy (non-hydrogen) atoms. The lowest BCUT2D eigenvalue weighted by Gasteiger charge is -2.40. The summed E-state index contributed by atoms with van der Waals surface area (Å²) in [5.41, 5.74) is 2.15. The average molecular weight is 391 g/mol. The van der Waals surface area contributed by atoms with Gasteiger partial charge in [0, 0.05) is 33.2 Å². The lowest BCUT2D eigenvalue weighted by Crippen LogP contribution is -2.49. The number of benzene rings is 1. The maximum absolute atomic E-state index is 13.0. The van der Waals surface area contributed by atoms with Crippen LogP contribution in [0.15, 0.2) is 24.3 Å². The second-order valence-corrected chi connectivity index (χ2v) is 7.64. The van der Waals surface area contributed by atoms with E-state index in [4.69, 9.17) is 9.47 Å². The van der Waals surface area contributed by atoms with Crippen LogP contribution in [0.3, 0.4) is 0 Å². The Hall–Kier alpha value is -1.92. The van der Waals surface area contributed by atoms with Crippen molar-refractivity contribution < 1.29 is 19.1 Å². The van der Waals surface area contributed by atoms with Gasteiger partial charge >= 0.3 is 0 Å². The number of rotatable bonds is 10. The number of amides is 2. The van der Waals surface area contributed by atoms with Crippen LogP contribution in [-0.2, 0) is 19.1 Å². The molecule has 2 atom stereocenters. The molecule has 1 fully saturated rings. The molecule has 2 rings (SSSR count). The van der Waals surface area contributed by atoms with E-state index in [9.17, 15) is 9.59 Å². The minimum atomic E-state index is -0.261. The van der Waals surface area contributed by atoms with Gasteiger partial charge in [-0.15, -0.1) is 0 Å². The van der Waals surface area contributed by atoms with Gasteiger partial charge in [0.15, 0.2) is 0 Å². The summed E-state index contributed by atoms with van der Waals surface area (Å²) < 4.78 is 10.7. The third kappa shape index (κ3) is 6.31. The number of likely N-dealkylation sites (tertiary alicyclic amines) is 1. The van der Waals surface area contributed by atoms with Gasteiger partial charge in [-0.2, -0.15) is 0 Å². The lowest BCUT2D eigenvalue weighted by molar-refractivity contribution is -0.144. The maximum Gasteiger partial charge on any atom is 0.225 e. The summed E-state index contributed by atoms with van der Waals surface area (Å²) in [5.74, 6) is -0.176. The molecule has 2 amide bonds. The summed E-state index contributed by atoms with van der Waals surface area (Å²) in [5, 5.41) is 3.04. The highest BCUT2D eigenvalue weighted by molar-refractivity contribution is 5.85. The van der Waals surface area contributed by atoms with Crippen molar-refractivity contribution in [2.45, 2.75) is 52.2 Å². The van der Waals surface area contributed by atoms with Gasteiger partial charge in [-0.3, -0.25) is 9.59 Å². The molecule has 0 unspecified atom stereocenters. The highest BCUT2D eigenvalue weighted by atomic mass is 16.5. The first kappa shape index (κ1) is 22.4. The molecule has 156 valence electrons. The Kier molecular flexibility index (Phi) is 8.93. The van der Waals surface area contributed by atoms with Gasteiger partial charge in [0.05, 0.1) is 24.7 Å². The summed E-state index contributed by atoms with van der Waals surface area (Å²) in [6, 6.07) is 7.84. The number of piperidine rings is 1. The summed E-state index contributed by atoms with van der Waals surface area (Å²) in [7, 11) is 1.62. The Labute approximate surface area is 168 Å². The van der Waals surface area contributed by atoms with Crippen LogP contribution in [0.2, 0.25) is 0 Å².